The Labute approximate surface area is 268 Å². The van der Waals surface area contributed by atoms with Gasteiger partial charge in [0.15, 0.2) is 0 Å². The first-order valence-corrected chi connectivity index (χ1v) is 13.2. The molecule has 3 aromatic rings. The lowest BCUT2D eigenvalue weighted by atomic mass is 10.2. The first kappa shape index (κ1) is 36.6. The van der Waals surface area contributed by atoms with Gasteiger partial charge in [0.25, 0.3) is 5.69 Å². The Bertz CT molecular complexity index is 1520. The summed E-state index contributed by atoms with van der Waals surface area (Å²) < 4.78 is 0. The monoisotopic (exact) mass is 699 g/mol. The Morgan fingerprint density at radius 1 is 0.595 bits per heavy atom. The van der Waals surface area contributed by atoms with Crippen LogP contribution in [-0.2, 0) is 14.4 Å². The number of nitro groups is 2. The van der Waals surface area contributed by atoms with Gasteiger partial charge in [-0.15, -0.1) is 0 Å². The van der Waals surface area contributed by atoms with Gasteiger partial charge in [0, 0.05) is 32.5 Å². The van der Waals surface area contributed by atoms with Crippen molar-refractivity contribution in [3.63, 3.8) is 0 Å². The van der Waals surface area contributed by atoms with Crippen LogP contribution in [-0.4, -0.2) is 27.6 Å². The molecule has 18 heteroatoms. The maximum atomic E-state index is 10.8. The van der Waals surface area contributed by atoms with E-state index >= 15 is 0 Å². The van der Waals surface area contributed by atoms with E-state index in [0.29, 0.717) is 15.7 Å². The van der Waals surface area contributed by atoms with Crippen LogP contribution in [0.2, 0.25) is 30.1 Å². The molecule has 0 aliphatic heterocycles. The number of nitrogens with one attached hydrogen (secondary N) is 3. The summed E-state index contributed by atoms with van der Waals surface area (Å²) in [5, 5.41) is 29.5. The van der Waals surface area contributed by atoms with Crippen molar-refractivity contribution >= 4 is 116 Å². The van der Waals surface area contributed by atoms with E-state index in [4.69, 9.17) is 69.6 Å². The summed E-state index contributed by atoms with van der Waals surface area (Å²) >= 11 is 33.9. The van der Waals surface area contributed by atoms with Crippen molar-refractivity contribution in [3.8, 4) is 0 Å². The predicted molar refractivity (Wildman–Crippen MR) is 166 cm³/mol. The van der Waals surface area contributed by atoms with Gasteiger partial charge in [-0.25, -0.2) is 0 Å². The van der Waals surface area contributed by atoms with E-state index in [1.807, 2.05) is 0 Å². The first-order valence-electron chi connectivity index (χ1n) is 11.0. The standard InChI is InChI=1S/2C8H6Cl2N2O3.C8H7Cl2NO/c1-4(13)11-7-2-5(9)6(10)3-8(7)12(14)15;1-4(13)11-6-3-2-5(9)7(10)8(6)12(14)15;1-5(12)11-6-2-3-7(9)8(10)4-6/h2*2-3H,1H3,(H,11,13);2-4H,1H3,(H,11,12). The van der Waals surface area contributed by atoms with E-state index in [1.54, 1.807) is 18.2 Å². The van der Waals surface area contributed by atoms with Crippen molar-refractivity contribution in [1.82, 2.24) is 0 Å². The van der Waals surface area contributed by atoms with Gasteiger partial charge in [0.2, 0.25) is 17.7 Å². The number of carbonyl (C=O) groups excluding carboxylic acids is 3. The van der Waals surface area contributed by atoms with Gasteiger partial charge in [0.1, 0.15) is 16.4 Å². The smallest absolute Gasteiger partial charge is 0.312 e. The van der Waals surface area contributed by atoms with E-state index in [-0.39, 0.29) is 43.1 Å². The lowest BCUT2D eigenvalue weighted by Crippen LogP contribution is -2.08. The Balaban J connectivity index is 0.000000317. The molecule has 0 aliphatic carbocycles. The van der Waals surface area contributed by atoms with Crippen molar-refractivity contribution in [2.75, 3.05) is 16.0 Å². The molecular formula is C24H19Cl6N5O7. The molecule has 0 atom stereocenters. The molecule has 0 spiro atoms. The third-order valence-corrected chi connectivity index (χ3v) is 6.60. The van der Waals surface area contributed by atoms with Crippen LogP contribution in [0.3, 0.4) is 0 Å². The molecule has 3 N–H and O–H groups in total. The zero-order chi connectivity index (χ0) is 32.3. The molecular weight excluding hydrogens is 683 g/mol. The minimum Gasteiger partial charge on any atom is -0.326 e. The predicted octanol–water partition coefficient (Wildman–Crippen LogP) is 8.67. The fourth-order valence-corrected chi connectivity index (χ4v) is 3.77. The maximum Gasteiger partial charge on any atom is 0.312 e. The summed E-state index contributed by atoms with van der Waals surface area (Å²) in [6, 6.07) is 9.96. The zero-order valence-corrected chi connectivity index (χ0v) is 26.1. The number of nitro benzene ring substituents is 2. The number of benzene rings is 3. The van der Waals surface area contributed by atoms with Crippen LogP contribution in [0.25, 0.3) is 0 Å². The Kier molecular flexibility index (Phi) is 14.7. The highest BCUT2D eigenvalue weighted by Gasteiger charge is 2.22. The molecule has 0 saturated carbocycles. The molecule has 0 fully saturated rings. The number of nitrogens with zero attached hydrogens (tertiary/aromatic N) is 2. The van der Waals surface area contributed by atoms with E-state index in [2.05, 4.69) is 16.0 Å². The van der Waals surface area contributed by atoms with Crippen LogP contribution in [0.15, 0.2) is 42.5 Å². The molecule has 0 aromatic heterocycles. The van der Waals surface area contributed by atoms with Gasteiger partial charge < -0.3 is 16.0 Å². The molecule has 3 amide bonds. The van der Waals surface area contributed by atoms with Crippen molar-refractivity contribution in [2.24, 2.45) is 0 Å². The summed E-state index contributed by atoms with van der Waals surface area (Å²) in [4.78, 5) is 52.1. The van der Waals surface area contributed by atoms with E-state index in [0.717, 1.165) is 6.07 Å². The highest BCUT2D eigenvalue weighted by Crippen LogP contribution is 2.38. The Morgan fingerprint density at radius 2 is 1.07 bits per heavy atom. The molecule has 12 nitrogen and oxygen atoms in total. The lowest BCUT2D eigenvalue weighted by Gasteiger charge is -2.05. The molecule has 0 heterocycles. The van der Waals surface area contributed by atoms with Crippen molar-refractivity contribution in [3.05, 3.63) is 92.8 Å². The third-order valence-electron chi connectivity index (χ3n) is 4.35. The second-order valence-corrected chi connectivity index (χ2v) is 10.1. The van der Waals surface area contributed by atoms with Gasteiger partial charge in [-0.3, -0.25) is 34.6 Å². The SMILES string of the molecule is CC(=O)Nc1cc(Cl)c(Cl)cc1[N+](=O)[O-].CC(=O)Nc1ccc(Cl)c(Cl)c1.CC(=O)Nc1ccc(Cl)c(Cl)c1[N+](=O)[O-]. The van der Waals surface area contributed by atoms with Crippen LogP contribution in [0, 0.1) is 20.2 Å². The van der Waals surface area contributed by atoms with Crippen molar-refractivity contribution in [2.45, 2.75) is 20.8 Å². The number of halogens is 6. The van der Waals surface area contributed by atoms with E-state index < -0.39 is 27.3 Å². The largest absolute Gasteiger partial charge is 0.326 e. The first-order chi connectivity index (χ1) is 19.4. The summed E-state index contributed by atoms with van der Waals surface area (Å²) in [6.45, 7) is 3.92. The fraction of sp³-hybridized carbons (Fsp3) is 0.125. The molecule has 42 heavy (non-hydrogen) atoms. The second kappa shape index (κ2) is 16.9. The van der Waals surface area contributed by atoms with Gasteiger partial charge in [-0.05, 0) is 36.4 Å². The topological polar surface area (TPSA) is 174 Å². The second-order valence-electron chi connectivity index (χ2n) is 7.73. The van der Waals surface area contributed by atoms with E-state index in [1.165, 1.54) is 39.0 Å². The summed E-state index contributed by atoms with van der Waals surface area (Å²) in [5.74, 6) is -0.971. The number of anilines is 3. The maximum absolute atomic E-state index is 10.8. The third kappa shape index (κ3) is 11.8. The molecule has 0 radical (unpaired) electrons. The average Bonchev–Trinajstić information content (AvgIpc) is 2.85. The minimum absolute atomic E-state index is 0.0295. The highest BCUT2D eigenvalue weighted by atomic mass is 35.5. The number of carbonyl (C=O) groups is 3. The van der Waals surface area contributed by atoms with Crippen LogP contribution >= 0.6 is 69.6 Å². The number of hydrogen-bond donors (Lipinski definition) is 3. The van der Waals surface area contributed by atoms with Crippen molar-refractivity contribution < 1.29 is 24.2 Å². The molecule has 0 saturated heterocycles. The number of hydrogen-bond acceptors (Lipinski definition) is 7. The summed E-state index contributed by atoms with van der Waals surface area (Å²) in [6.07, 6.45) is 0. The Morgan fingerprint density at radius 3 is 1.55 bits per heavy atom. The normalized spacial score (nSPS) is 9.74. The molecule has 0 aliphatic rings. The van der Waals surface area contributed by atoms with Crippen molar-refractivity contribution in [1.29, 1.82) is 0 Å². The summed E-state index contributed by atoms with van der Waals surface area (Å²) in [7, 11) is 0. The summed E-state index contributed by atoms with van der Waals surface area (Å²) in [5.41, 5.74) is 0.0136. The van der Waals surface area contributed by atoms with Crippen LogP contribution in [0.1, 0.15) is 20.8 Å². The van der Waals surface area contributed by atoms with E-state index in [9.17, 15) is 34.6 Å². The van der Waals surface area contributed by atoms with Crippen LogP contribution in [0.4, 0.5) is 28.4 Å². The quantitative estimate of drug-likeness (QED) is 0.176. The van der Waals surface area contributed by atoms with Gasteiger partial charge >= 0.3 is 5.69 Å². The number of amides is 3. The van der Waals surface area contributed by atoms with Gasteiger partial charge in [0.05, 0.1) is 35.0 Å². The number of rotatable bonds is 5. The molecule has 224 valence electrons. The highest BCUT2D eigenvalue weighted by molar-refractivity contribution is 6.44. The molecule has 0 unspecified atom stereocenters. The lowest BCUT2D eigenvalue weighted by molar-refractivity contribution is -0.384. The van der Waals surface area contributed by atoms with Gasteiger partial charge in [-0.1, -0.05) is 69.6 Å². The molecule has 3 aromatic carbocycles. The zero-order valence-electron chi connectivity index (χ0n) is 21.6. The molecule has 0 bridgehead atoms. The average molecular weight is 702 g/mol. The van der Waals surface area contributed by atoms with Crippen LogP contribution in [0.5, 0.6) is 0 Å². The molecule has 3 rings (SSSR count). The minimum atomic E-state index is -0.695. The van der Waals surface area contributed by atoms with Crippen LogP contribution < -0.4 is 16.0 Å². The fourth-order valence-electron chi connectivity index (χ4n) is 2.76. The van der Waals surface area contributed by atoms with Gasteiger partial charge in [-0.2, -0.15) is 0 Å². The Hall–Kier alpha value is -3.39.